The first-order valence-corrected chi connectivity index (χ1v) is 8.94. The zero-order valence-electron chi connectivity index (χ0n) is 14.6. The van der Waals surface area contributed by atoms with E-state index in [2.05, 4.69) is 20.2 Å². The number of benzene rings is 1. The molecule has 0 radical (unpaired) electrons. The Morgan fingerprint density at radius 2 is 1.92 bits per heavy atom. The van der Waals surface area contributed by atoms with Crippen molar-refractivity contribution >= 4 is 11.9 Å². The number of imidazole rings is 1. The van der Waals surface area contributed by atoms with E-state index in [4.69, 9.17) is 0 Å². The zero-order chi connectivity index (χ0) is 18.4. The Morgan fingerprint density at radius 3 is 2.54 bits per heavy atom. The van der Waals surface area contributed by atoms with Crippen LogP contribution in [0.25, 0.3) is 0 Å². The van der Waals surface area contributed by atoms with Gasteiger partial charge < -0.3 is 15.4 Å². The molecule has 2 aromatic rings. The number of carboxylic acid groups (broad SMARTS) is 1. The summed E-state index contributed by atoms with van der Waals surface area (Å²) in [5.41, 5.74) is 2.29. The van der Waals surface area contributed by atoms with Crippen LogP contribution in [-0.2, 0) is 17.8 Å². The molecule has 3 N–H and O–H groups in total. The Kier molecular flexibility index (Phi) is 6.01. The highest BCUT2D eigenvalue weighted by atomic mass is 16.4. The number of nitrogens with one attached hydrogen (secondary N) is 2. The Balaban J connectivity index is 1.58. The Hall–Kier alpha value is -2.67. The number of aromatic nitrogens is 2. The van der Waals surface area contributed by atoms with E-state index in [1.165, 1.54) is 25.6 Å². The summed E-state index contributed by atoms with van der Waals surface area (Å²) in [5, 5.41) is 11.9. The monoisotopic (exact) mass is 356 g/mol. The lowest BCUT2D eigenvalue weighted by molar-refractivity contribution is -0.139. The van der Waals surface area contributed by atoms with Crippen LogP contribution in [0.2, 0.25) is 0 Å². The van der Waals surface area contributed by atoms with E-state index in [0.717, 1.165) is 25.2 Å². The molecule has 1 atom stereocenters. The molecule has 7 nitrogen and oxygen atoms in total. The highest BCUT2D eigenvalue weighted by Gasteiger charge is 2.21. The highest BCUT2D eigenvalue weighted by Crippen LogP contribution is 2.14. The third-order valence-corrected chi connectivity index (χ3v) is 4.65. The van der Waals surface area contributed by atoms with Gasteiger partial charge in [0.2, 0.25) is 0 Å². The van der Waals surface area contributed by atoms with E-state index in [-0.39, 0.29) is 12.3 Å². The van der Waals surface area contributed by atoms with E-state index >= 15 is 0 Å². The Morgan fingerprint density at radius 1 is 1.19 bits per heavy atom. The number of carbonyl (C=O) groups is 2. The molecule has 1 amide bonds. The van der Waals surface area contributed by atoms with Crippen LogP contribution in [-0.4, -0.2) is 51.0 Å². The molecule has 1 aromatic heterocycles. The van der Waals surface area contributed by atoms with Crippen LogP contribution in [0, 0.1) is 0 Å². The Bertz CT molecular complexity index is 722. The molecule has 138 valence electrons. The maximum atomic E-state index is 12.4. The minimum atomic E-state index is -1.07. The minimum absolute atomic E-state index is 0.161. The van der Waals surface area contributed by atoms with Crippen molar-refractivity contribution in [1.29, 1.82) is 0 Å². The maximum absolute atomic E-state index is 12.4. The van der Waals surface area contributed by atoms with Gasteiger partial charge in [-0.05, 0) is 43.6 Å². The number of aromatic amines is 1. The summed E-state index contributed by atoms with van der Waals surface area (Å²) in [6.07, 6.45) is 6.99. The van der Waals surface area contributed by atoms with Crippen LogP contribution in [0.1, 0.15) is 40.9 Å². The average molecular weight is 356 g/mol. The molecule has 2 heterocycles. The summed E-state index contributed by atoms with van der Waals surface area (Å²) in [4.78, 5) is 32.9. The van der Waals surface area contributed by atoms with Crippen molar-refractivity contribution in [3.63, 3.8) is 0 Å². The molecule has 0 saturated carbocycles. The lowest BCUT2D eigenvalue weighted by Crippen LogP contribution is -2.42. The van der Waals surface area contributed by atoms with Crippen molar-refractivity contribution < 1.29 is 14.7 Å². The van der Waals surface area contributed by atoms with E-state index in [1.807, 2.05) is 12.1 Å². The van der Waals surface area contributed by atoms with Crippen molar-refractivity contribution in [3.8, 4) is 0 Å². The number of carboxylic acids is 1. The summed E-state index contributed by atoms with van der Waals surface area (Å²) < 4.78 is 0. The standard InChI is InChI=1S/C19H24N4O3/c24-18(22-17(19(25)26)10-16-11-20-13-21-16)15-6-4-14(5-7-15)12-23-8-2-1-3-9-23/h4-7,11,13,17H,1-3,8-10,12H2,(H,20,21)(H,22,24)(H,25,26)/t17-/m0/s1. The number of carbonyl (C=O) groups excluding carboxylic acids is 1. The average Bonchev–Trinajstić information content (AvgIpc) is 3.15. The zero-order valence-corrected chi connectivity index (χ0v) is 14.6. The van der Waals surface area contributed by atoms with Crippen LogP contribution in [0.4, 0.5) is 0 Å². The van der Waals surface area contributed by atoms with Gasteiger partial charge in [0.15, 0.2) is 0 Å². The molecule has 1 aliphatic heterocycles. The van der Waals surface area contributed by atoms with Crippen molar-refractivity contribution in [3.05, 3.63) is 53.6 Å². The first-order valence-electron chi connectivity index (χ1n) is 8.94. The highest BCUT2D eigenvalue weighted by molar-refractivity contribution is 5.96. The second-order valence-corrected chi connectivity index (χ2v) is 6.68. The number of likely N-dealkylation sites (tertiary alicyclic amines) is 1. The van der Waals surface area contributed by atoms with Gasteiger partial charge in [0.05, 0.1) is 6.33 Å². The van der Waals surface area contributed by atoms with Crippen molar-refractivity contribution in [2.24, 2.45) is 0 Å². The molecule has 0 spiro atoms. The fourth-order valence-electron chi connectivity index (χ4n) is 3.20. The van der Waals surface area contributed by atoms with Crippen molar-refractivity contribution in [2.45, 2.75) is 38.3 Å². The van der Waals surface area contributed by atoms with Gasteiger partial charge in [-0.2, -0.15) is 0 Å². The SMILES string of the molecule is O=C(N[C@@H](Cc1cnc[nH]1)C(=O)O)c1ccc(CN2CCCCC2)cc1. The number of aliphatic carboxylic acids is 1. The van der Waals surface area contributed by atoms with Gasteiger partial charge in [-0.25, -0.2) is 9.78 Å². The van der Waals surface area contributed by atoms with E-state index < -0.39 is 12.0 Å². The van der Waals surface area contributed by atoms with Crippen LogP contribution >= 0.6 is 0 Å². The molecule has 1 fully saturated rings. The number of hydrogen-bond acceptors (Lipinski definition) is 4. The molecule has 0 unspecified atom stereocenters. The van der Waals surface area contributed by atoms with Crippen molar-refractivity contribution in [2.75, 3.05) is 13.1 Å². The second-order valence-electron chi connectivity index (χ2n) is 6.68. The molecule has 26 heavy (non-hydrogen) atoms. The first-order chi connectivity index (χ1) is 12.6. The normalized spacial score (nSPS) is 16.2. The largest absolute Gasteiger partial charge is 0.480 e. The predicted octanol–water partition coefficient (Wildman–Crippen LogP) is 1.82. The van der Waals surface area contributed by atoms with Gasteiger partial charge in [-0.15, -0.1) is 0 Å². The molecule has 0 aliphatic carbocycles. The number of rotatable bonds is 7. The van der Waals surface area contributed by atoms with Gasteiger partial charge in [0, 0.05) is 30.4 Å². The summed E-state index contributed by atoms with van der Waals surface area (Å²) in [6.45, 7) is 3.13. The van der Waals surface area contributed by atoms with Gasteiger partial charge in [-0.1, -0.05) is 18.6 Å². The van der Waals surface area contributed by atoms with Crippen LogP contribution in [0.5, 0.6) is 0 Å². The number of hydrogen-bond donors (Lipinski definition) is 3. The smallest absolute Gasteiger partial charge is 0.326 e. The number of amides is 1. The fraction of sp³-hybridized carbons (Fsp3) is 0.421. The summed E-state index contributed by atoms with van der Waals surface area (Å²) in [6, 6.07) is 6.38. The summed E-state index contributed by atoms with van der Waals surface area (Å²) in [5.74, 6) is -1.46. The molecule has 1 saturated heterocycles. The quantitative estimate of drug-likeness (QED) is 0.703. The van der Waals surface area contributed by atoms with Crippen LogP contribution in [0.3, 0.4) is 0 Å². The molecular formula is C19H24N4O3. The second kappa shape index (κ2) is 8.62. The van der Waals surface area contributed by atoms with Crippen molar-refractivity contribution in [1.82, 2.24) is 20.2 Å². The van der Waals surface area contributed by atoms with Gasteiger partial charge in [0.1, 0.15) is 6.04 Å². The van der Waals surface area contributed by atoms with Gasteiger partial charge >= 0.3 is 5.97 Å². The maximum Gasteiger partial charge on any atom is 0.326 e. The third kappa shape index (κ3) is 4.92. The minimum Gasteiger partial charge on any atom is -0.480 e. The molecule has 3 rings (SSSR count). The molecular weight excluding hydrogens is 332 g/mol. The van der Waals surface area contributed by atoms with E-state index in [1.54, 1.807) is 18.3 Å². The lowest BCUT2D eigenvalue weighted by atomic mass is 10.1. The van der Waals surface area contributed by atoms with E-state index in [9.17, 15) is 14.7 Å². The number of H-pyrrole nitrogens is 1. The fourth-order valence-corrected chi connectivity index (χ4v) is 3.20. The number of nitrogens with zero attached hydrogens (tertiary/aromatic N) is 2. The summed E-state index contributed by atoms with van der Waals surface area (Å²) >= 11 is 0. The number of piperidine rings is 1. The van der Waals surface area contributed by atoms with Gasteiger partial charge in [-0.3, -0.25) is 9.69 Å². The van der Waals surface area contributed by atoms with Gasteiger partial charge in [0.25, 0.3) is 5.91 Å². The molecule has 7 heteroatoms. The topological polar surface area (TPSA) is 98.3 Å². The van der Waals surface area contributed by atoms with Crippen LogP contribution < -0.4 is 5.32 Å². The molecule has 1 aromatic carbocycles. The Labute approximate surface area is 152 Å². The summed E-state index contributed by atoms with van der Waals surface area (Å²) in [7, 11) is 0. The third-order valence-electron chi connectivity index (χ3n) is 4.65. The molecule has 0 bridgehead atoms. The van der Waals surface area contributed by atoms with E-state index in [0.29, 0.717) is 11.3 Å². The predicted molar refractivity (Wildman–Crippen MR) is 96.8 cm³/mol. The van der Waals surface area contributed by atoms with Crippen LogP contribution in [0.15, 0.2) is 36.8 Å². The molecule has 1 aliphatic rings. The lowest BCUT2D eigenvalue weighted by Gasteiger charge is -2.26. The first kappa shape index (κ1) is 18.1.